The number of aromatic nitrogens is 1. The molecule has 3 aromatic rings. The number of fused-ring (bicyclic) bond motifs is 1. The molecule has 0 aliphatic rings. The number of hydrogen-bond acceptors (Lipinski definition) is 0. The molecule has 0 saturated carbocycles. The van der Waals surface area contributed by atoms with Gasteiger partial charge in [-0.05, 0) is 41.7 Å². The lowest BCUT2D eigenvalue weighted by atomic mass is 9.96. The number of allylic oxidation sites excluding steroid dienone is 1. The van der Waals surface area contributed by atoms with Crippen molar-refractivity contribution in [3.8, 4) is 0 Å². The molecule has 1 nitrogen and oxygen atoms in total. The summed E-state index contributed by atoms with van der Waals surface area (Å²) in [4.78, 5) is 3.34. The quantitative estimate of drug-likeness (QED) is 0.605. The van der Waals surface area contributed by atoms with Crippen molar-refractivity contribution in [1.82, 2.24) is 4.98 Å². The van der Waals surface area contributed by atoms with E-state index in [1.807, 2.05) is 0 Å². The van der Waals surface area contributed by atoms with Crippen LogP contribution in [0.5, 0.6) is 0 Å². The van der Waals surface area contributed by atoms with Gasteiger partial charge in [0.05, 0.1) is 0 Å². The number of benzene rings is 2. The van der Waals surface area contributed by atoms with E-state index in [2.05, 4.69) is 79.6 Å². The van der Waals surface area contributed by atoms with Crippen LogP contribution < -0.4 is 0 Å². The Kier molecular flexibility index (Phi) is 3.42. The molecular weight excluding hydrogens is 242 g/mol. The monoisotopic (exact) mass is 261 g/mol. The van der Waals surface area contributed by atoms with Gasteiger partial charge in [0.15, 0.2) is 0 Å². The first-order chi connectivity index (χ1) is 9.79. The zero-order chi connectivity index (χ0) is 13.9. The standard InChI is InChI=1S/C19H19N/c1-3-16(12-15-8-5-4-6-9-15)17-10-7-11-18-19(17)14(2)13-20-18/h4-13,20H,3H2,1-2H3/b16-12-. The Balaban J connectivity index is 2.17. The summed E-state index contributed by atoms with van der Waals surface area (Å²) in [5.41, 5.74) is 6.50. The number of aromatic amines is 1. The molecule has 0 unspecified atom stereocenters. The van der Waals surface area contributed by atoms with Crippen molar-refractivity contribution in [3.63, 3.8) is 0 Å². The first-order valence-electron chi connectivity index (χ1n) is 7.12. The lowest BCUT2D eigenvalue weighted by Crippen LogP contribution is -1.86. The van der Waals surface area contributed by atoms with Gasteiger partial charge in [-0.2, -0.15) is 0 Å². The van der Waals surface area contributed by atoms with Gasteiger partial charge in [-0.25, -0.2) is 0 Å². The van der Waals surface area contributed by atoms with Crippen molar-refractivity contribution in [2.75, 3.05) is 0 Å². The number of H-pyrrole nitrogens is 1. The minimum atomic E-state index is 1.03. The summed E-state index contributed by atoms with van der Waals surface area (Å²) in [7, 11) is 0. The van der Waals surface area contributed by atoms with Crippen LogP contribution in [0.25, 0.3) is 22.6 Å². The Morgan fingerprint density at radius 2 is 1.85 bits per heavy atom. The first kappa shape index (κ1) is 12.7. The van der Waals surface area contributed by atoms with Crippen LogP contribution in [0.3, 0.4) is 0 Å². The van der Waals surface area contributed by atoms with Gasteiger partial charge in [0.2, 0.25) is 0 Å². The molecule has 0 saturated heterocycles. The maximum absolute atomic E-state index is 3.34. The molecule has 0 bridgehead atoms. The van der Waals surface area contributed by atoms with Crippen molar-refractivity contribution < 1.29 is 0 Å². The highest BCUT2D eigenvalue weighted by atomic mass is 14.7. The molecule has 0 aliphatic heterocycles. The van der Waals surface area contributed by atoms with Crippen molar-refractivity contribution in [2.24, 2.45) is 0 Å². The Bertz CT molecular complexity index is 748. The molecular formula is C19H19N. The van der Waals surface area contributed by atoms with Crippen molar-refractivity contribution >= 4 is 22.6 Å². The largest absolute Gasteiger partial charge is 0.361 e. The van der Waals surface area contributed by atoms with Crippen LogP contribution in [-0.2, 0) is 0 Å². The van der Waals surface area contributed by atoms with Crippen molar-refractivity contribution in [2.45, 2.75) is 20.3 Å². The summed E-state index contributed by atoms with van der Waals surface area (Å²) < 4.78 is 0. The summed E-state index contributed by atoms with van der Waals surface area (Å²) in [5, 5.41) is 1.34. The van der Waals surface area contributed by atoms with E-state index in [0.29, 0.717) is 0 Å². The second-order valence-corrected chi connectivity index (χ2v) is 5.13. The van der Waals surface area contributed by atoms with E-state index in [9.17, 15) is 0 Å². The highest BCUT2D eigenvalue weighted by molar-refractivity contribution is 5.98. The van der Waals surface area contributed by atoms with Crippen LogP contribution in [-0.4, -0.2) is 4.98 Å². The lowest BCUT2D eigenvalue weighted by Gasteiger charge is -2.08. The van der Waals surface area contributed by atoms with Gasteiger partial charge in [0.1, 0.15) is 0 Å². The Morgan fingerprint density at radius 1 is 1.05 bits per heavy atom. The second kappa shape index (κ2) is 5.38. The predicted molar refractivity (Wildman–Crippen MR) is 87.6 cm³/mol. The van der Waals surface area contributed by atoms with Gasteiger partial charge in [0, 0.05) is 17.1 Å². The van der Waals surface area contributed by atoms with Crippen LogP contribution in [0, 0.1) is 6.92 Å². The van der Waals surface area contributed by atoms with Crippen LogP contribution in [0.2, 0.25) is 0 Å². The van der Waals surface area contributed by atoms with Crippen LogP contribution in [0.1, 0.15) is 30.0 Å². The van der Waals surface area contributed by atoms with E-state index in [4.69, 9.17) is 0 Å². The fraction of sp³-hybridized carbons (Fsp3) is 0.158. The van der Waals surface area contributed by atoms with E-state index in [-0.39, 0.29) is 0 Å². The molecule has 0 fully saturated rings. The average molecular weight is 261 g/mol. The molecule has 3 rings (SSSR count). The summed E-state index contributed by atoms with van der Waals surface area (Å²) >= 11 is 0. The minimum Gasteiger partial charge on any atom is -0.361 e. The molecule has 1 N–H and O–H groups in total. The van der Waals surface area contributed by atoms with Crippen molar-refractivity contribution in [3.05, 3.63) is 71.4 Å². The molecule has 1 heteroatoms. The number of hydrogen-bond donors (Lipinski definition) is 1. The Morgan fingerprint density at radius 3 is 2.60 bits per heavy atom. The van der Waals surface area contributed by atoms with E-state index < -0.39 is 0 Å². The molecule has 20 heavy (non-hydrogen) atoms. The van der Waals surface area contributed by atoms with Gasteiger partial charge >= 0.3 is 0 Å². The highest BCUT2D eigenvalue weighted by Crippen LogP contribution is 2.30. The van der Waals surface area contributed by atoms with E-state index in [0.717, 1.165) is 6.42 Å². The van der Waals surface area contributed by atoms with Gasteiger partial charge in [-0.1, -0.05) is 55.5 Å². The maximum atomic E-state index is 3.34. The molecule has 0 amide bonds. The molecule has 0 aliphatic carbocycles. The third-order valence-corrected chi connectivity index (χ3v) is 3.77. The number of aryl methyl sites for hydroxylation is 1. The summed E-state index contributed by atoms with van der Waals surface area (Å²) in [5.74, 6) is 0. The normalized spacial score (nSPS) is 12.0. The SMILES string of the molecule is CC/C(=C/c1ccccc1)c1cccc2[nH]cc(C)c12. The smallest absolute Gasteiger partial charge is 0.0462 e. The predicted octanol–water partition coefficient (Wildman–Crippen LogP) is 5.43. The van der Waals surface area contributed by atoms with E-state index >= 15 is 0 Å². The number of nitrogens with one attached hydrogen (secondary N) is 1. The minimum absolute atomic E-state index is 1.03. The fourth-order valence-electron chi connectivity index (χ4n) is 2.74. The molecule has 100 valence electrons. The molecule has 0 atom stereocenters. The fourth-order valence-corrected chi connectivity index (χ4v) is 2.74. The van der Waals surface area contributed by atoms with Crippen molar-refractivity contribution in [1.29, 1.82) is 0 Å². The summed E-state index contributed by atoms with van der Waals surface area (Å²) in [6.07, 6.45) is 5.41. The topological polar surface area (TPSA) is 15.8 Å². The van der Waals surface area contributed by atoms with Crippen LogP contribution in [0.4, 0.5) is 0 Å². The van der Waals surface area contributed by atoms with E-state index in [1.54, 1.807) is 0 Å². The van der Waals surface area contributed by atoms with Crippen LogP contribution in [0.15, 0.2) is 54.7 Å². The molecule has 0 spiro atoms. The molecule has 0 radical (unpaired) electrons. The number of rotatable bonds is 3. The zero-order valence-corrected chi connectivity index (χ0v) is 12.0. The highest BCUT2D eigenvalue weighted by Gasteiger charge is 2.08. The average Bonchev–Trinajstić information content (AvgIpc) is 2.88. The van der Waals surface area contributed by atoms with Gasteiger partial charge in [-0.3, -0.25) is 0 Å². The zero-order valence-electron chi connectivity index (χ0n) is 12.0. The third kappa shape index (κ3) is 2.27. The molecule has 1 aromatic heterocycles. The Hall–Kier alpha value is -2.28. The van der Waals surface area contributed by atoms with Gasteiger partial charge in [-0.15, -0.1) is 0 Å². The Labute approximate surface area is 120 Å². The third-order valence-electron chi connectivity index (χ3n) is 3.77. The second-order valence-electron chi connectivity index (χ2n) is 5.13. The summed E-state index contributed by atoms with van der Waals surface area (Å²) in [6, 6.07) is 17.0. The van der Waals surface area contributed by atoms with Gasteiger partial charge < -0.3 is 4.98 Å². The molecule has 2 aromatic carbocycles. The first-order valence-corrected chi connectivity index (χ1v) is 7.12. The van der Waals surface area contributed by atoms with Crippen LogP contribution >= 0.6 is 0 Å². The lowest BCUT2D eigenvalue weighted by molar-refractivity contribution is 1.25. The maximum Gasteiger partial charge on any atom is 0.0462 e. The van der Waals surface area contributed by atoms with Gasteiger partial charge in [0.25, 0.3) is 0 Å². The molecule has 1 heterocycles. The summed E-state index contributed by atoms with van der Waals surface area (Å²) in [6.45, 7) is 4.38. The van der Waals surface area contributed by atoms with E-state index in [1.165, 1.54) is 33.2 Å².